The van der Waals surface area contributed by atoms with E-state index in [1.54, 1.807) is 55.5 Å². The van der Waals surface area contributed by atoms with E-state index in [2.05, 4.69) is 4.98 Å². The average Bonchev–Trinajstić information content (AvgIpc) is 2.59. The Morgan fingerprint density at radius 1 is 1.21 bits per heavy atom. The van der Waals surface area contributed by atoms with Crippen molar-refractivity contribution < 1.29 is 4.79 Å². The van der Waals surface area contributed by atoms with Gasteiger partial charge in [0, 0.05) is 10.6 Å². The second-order valence-electron chi connectivity index (χ2n) is 5.22. The number of nitrogens with zero attached hydrogens (tertiary/aromatic N) is 2. The van der Waals surface area contributed by atoms with Crippen LogP contribution in [0.1, 0.15) is 17.3 Å². The van der Waals surface area contributed by atoms with E-state index in [4.69, 9.17) is 17.4 Å². The summed E-state index contributed by atoms with van der Waals surface area (Å²) in [6, 6.07) is 13.6. The number of carbonyl (C=O) groups is 1. The lowest BCUT2D eigenvalue weighted by Crippen LogP contribution is -2.30. The summed E-state index contributed by atoms with van der Waals surface area (Å²) in [5.74, 6) is 5.76. The zero-order chi connectivity index (χ0) is 17.3. The van der Waals surface area contributed by atoms with Crippen molar-refractivity contribution in [3.63, 3.8) is 0 Å². The topological polar surface area (TPSA) is 78.0 Å². The number of ketones is 1. The second kappa shape index (κ2) is 6.67. The van der Waals surface area contributed by atoms with Gasteiger partial charge in [-0.3, -0.25) is 9.59 Å². The maximum absolute atomic E-state index is 12.5. The van der Waals surface area contributed by atoms with Crippen molar-refractivity contribution in [2.75, 3.05) is 5.84 Å². The van der Waals surface area contributed by atoms with Gasteiger partial charge in [0.25, 0.3) is 5.56 Å². The molecular weight excluding hydrogens is 346 g/mol. The normalized spacial score (nSPS) is 12.2. The summed E-state index contributed by atoms with van der Waals surface area (Å²) in [6.07, 6.45) is 0. The van der Waals surface area contributed by atoms with E-state index in [0.29, 0.717) is 26.6 Å². The zero-order valence-electron chi connectivity index (χ0n) is 12.8. The van der Waals surface area contributed by atoms with Crippen molar-refractivity contribution in [2.24, 2.45) is 0 Å². The number of aromatic nitrogens is 2. The molecule has 1 aromatic heterocycles. The number of nitrogens with two attached hydrogens (primary N) is 1. The predicted molar refractivity (Wildman–Crippen MR) is 97.3 cm³/mol. The number of fused-ring (bicyclic) bond motifs is 1. The van der Waals surface area contributed by atoms with Crippen molar-refractivity contribution in [1.29, 1.82) is 0 Å². The van der Waals surface area contributed by atoms with Crippen molar-refractivity contribution in [3.8, 4) is 0 Å². The van der Waals surface area contributed by atoms with Crippen molar-refractivity contribution >= 4 is 40.0 Å². The van der Waals surface area contributed by atoms with E-state index in [1.807, 2.05) is 0 Å². The molecule has 0 aliphatic rings. The summed E-state index contributed by atoms with van der Waals surface area (Å²) in [5, 5.41) is 0.863. The van der Waals surface area contributed by atoms with Crippen LogP contribution in [0.5, 0.6) is 0 Å². The minimum absolute atomic E-state index is 0.0842. The standard InChI is InChI=1S/C17H14ClN3O2S/c1-10(15(22)11-6-8-12(18)9-7-11)24-17-20-14-5-3-2-4-13(14)16(23)21(17)19/h2-10H,19H2,1H3. The Kier molecular flexibility index (Phi) is 4.59. The highest BCUT2D eigenvalue weighted by Crippen LogP contribution is 2.24. The van der Waals surface area contributed by atoms with E-state index < -0.39 is 5.25 Å². The van der Waals surface area contributed by atoms with Gasteiger partial charge < -0.3 is 5.84 Å². The summed E-state index contributed by atoms with van der Waals surface area (Å²) >= 11 is 6.99. The molecule has 1 atom stereocenters. The van der Waals surface area contributed by atoms with Gasteiger partial charge in [-0.25, -0.2) is 9.66 Å². The Balaban J connectivity index is 1.91. The fourth-order valence-electron chi connectivity index (χ4n) is 2.27. The van der Waals surface area contributed by atoms with E-state index in [9.17, 15) is 9.59 Å². The molecule has 0 radical (unpaired) electrons. The molecule has 5 nitrogen and oxygen atoms in total. The molecule has 3 aromatic rings. The first kappa shape index (κ1) is 16.5. The Hall–Kier alpha value is -2.31. The lowest BCUT2D eigenvalue weighted by molar-refractivity contribution is 0.0994. The molecule has 1 heterocycles. The minimum Gasteiger partial charge on any atom is -0.334 e. The summed E-state index contributed by atoms with van der Waals surface area (Å²) in [7, 11) is 0. The first-order chi connectivity index (χ1) is 11.5. The van der Waals surface area contributed by atoms with E-state index in [-0.39, 0.29) is 11.3 Å². The Morgan fingerprint density at radius 2 is 1.88 bits per heavy atom. The van der Waals surface area contributed by atoms with Crippen LogP contribution in [0.2, 0.25) is 5.02 Å². The quantitative estimate of drug-likeness (QED) is 0.335. The summed E-state index contributed by atoms with van der Waals surface area (Å²) in [6.45, 7) is 1.75. The molecule has 0 saturated heterocycles. The van der Waals surface area contributed by atoms with Gasteiger partial charge in [-0.2, -0.15) is 0 Å². The first-order valence-corrected chi connectivity index (χ1v) is 8.46. The predicted octanol–water partition coefficient (Wildman–Crippen LogP) is 3.13. The molecule has 0 spiro atoms. The second-order valence-corrected chi connectivity index (χ2v) is 6.96. The third-order valence-corrected chi connectivity index (χ3v) is 4.87. The highest BCUT2D eigenvalue weighted by Gasteiger charge is 2.20. The molecule has 24 heavy (non-hydrogen) atoms. The van der Waals surface area contributed by atoms with Crippen LogP contribution in [0, 0.1) is 0 Å². The number of rotatable bonds is 4. The molecule has 122 valence electrons. The number of thioether (sulfide) groups is 1. The molecule has 3 rings (SSSR count). The molecule has 1 unspecified atom stereocenters. The monoisotopic (exact) mass is 359 g/mol. The van der Waals surface area contributed by atoms with Gasteiger partial charge in [0.1, 0.15) is 0 Å². The lowest BCUT2D eigenvalue weighted by atomic mass is 10.1. The third kappa shape index (κ3) is 3.16. The van der Waals surface area contributed by atoms with Gasteiger partial charge in [-0.05, 0) is 43.3 Å². The van der Waals surface area contributed by atoms with Gasteiger partial charge in [-0.1, -0.05) is 35.5 Å². The molecule has 2 N–H and O–H groups in total. The number of Topliss-reactive ketones (excluding diaryl/α,β-unsaturated/α-hetero) is 1. The average molecular weight is 360 g/mol. The summed E-state index contributed by atoms with van der Waals surface area (Å²) in [4.78, 5) is 29.2. The lowest BCUT2D eigenvalue weighted by Gasteiger charge is -2.13. The van der Waals surface area contributed by atoms with Crippen LogP contribution in [0.15, 0.2) is 58.5 Å². The van der Waals surface area contributed by atoms with Crippen LogP contribution in [0.3, 0.4) is 0 Å². The molecule has 7 heteroatoms. The Bertz CT molecular complexity index is 970. The maximum atomic E-state index is 12.5. The Labute approximate surface area is 147 Å². The van der Waals surface area contributed by atoms with Crippen LogP contribution in [-0.4, -0.2) is 20.7 Å². The van der Waals surface area contributed by atoms with Gasteiger partial charge >= 0.3 is 0 Å². The minimum atomic E-state index is -0.450. The number of benzene rings is 2. The smallest absolute Gasteiger partial charge is 0.280 e. The van der Waals surface area contributed by atoms with E-state index in [1.165, 1.54) is 0 Å². The summed E-state index contributed by atoms with van der Waals surface area (Å²) < 4.78 is 0.985. The van der Waals surface area contributed by atoms with Gasteiger partial charge in [-0.15, -0.1) is 0 Å². The van der Waals surface area contributed by atoms with Crippen LogP contribution in [0.25, 0.3) is 10.9 Å². The number of halogens is 1. The molecule has 0 aliphatic carbocycles. The largest absolute Gasteiger partial charge is 0.334 e. The Morgan fingerprint density at radius 3 is 2.58 bits per heavy atom. The van der Waals surface area contributed by atoms with Crippen molar-refractivity contribution in [3.05, 3.63) is 69.5 Å². The van der Waals surface area contributed by atoms with Gasteiger partial charge in [0.2, 0.25) is 0 Å². The number of para-hydroxylation sites is 1. The number of carbonyl (C=O) groups excluding carboxylic acids is 1. The highest BCUT2D eigenvalue weighted by atomic mass is 35.5. The van der Waals surface area contributed by atoms with E-state index in [0.717, 1.165) is 16.4 Å². The fourth-order valence-corrected chi connectivity index (χ4v) is 3.30. The zero-order valence-corrected chi connectivity index (χ0v) is 14.3. The van der Waals surface area contributed by atoms with Crippen LogP contribution >= 0.6 is 23.4 Å². The molecule has 0 saturated carbocycles. The van der Waals surface area contributed by atoms with Crippen LogP contribution in [0.4, 0.5) is 0 Å². The SMILES string of the molecule is CC(Sc1nc2ccccc2c(=O)n1N)C(=O)c1ccc(Cl)cc1. The van der Waals surface area contributed by atoms with Crippen molar-refractivity contribution in [2.45, 2.75) is 17.3 Å². The van der Waals surface area contributed by atoms with E-state index >= 15 is 0 Å². The fraction of sp³-hybridized carbons (Fsp3) is 0.118. The first-order valence-electron chi connectivity index (χ1n) is 7.20. The molecular formula is C17H14ClN3O2S. The van der Waals surface area contributed by atoms with Crippen molar-refractivity contribution in [1.82, 2.24) is 9.66 Å². The van der Waals surface area contributed by atoms with Crippen LogP contribution in [-0.2, 0) is 0 Å². The van der Waals surface area contributed by atoms with Gasteiger partial charge in [0.15, 0.2) is 10.9 Å². The van der Waals surface area contributed by atoms with Crippen LogP contribution < -0.4 is 11.4 Å². The molecule has 0 amide bonds. The molecule has 0 aliphatic heterocycles. The number of nitrogen functional groups attached to an aromatic ring is 1. The highest BCUT2D eigenvalue weighted by molar-refractivity contribution is 8.00. The summed E-state index contributed by atoms with van der Waals surface area (Å²) in [5.41, 5.74) is 0.762. The molecule has 0 fully saturated rings. The molecule has 2 aromatic carbocycles. The third-order valence-electron chi connectivity index (χ3n) is 3.56. The maximum Gasteiger partial charge on any atom is 0.280 e. The number of hydrogen-bond acceptors (Lipinski definition) is 5. The number of hydrogen-bond donors (Lipinski definition) is 1. The van der Waals surface area contributed by atoms with Gasteiger partial charge in [0.05, 0.1) is 16.2 Å². The molecule has 0 bridgehead atoms.